The molecule has 0 spiro atoms. The summed E-state index contributed by atoms with van der Waals surface area (Å²) < 4.78 is 0. The second kappa shape index (κ2) is 3.86. The minimum atomic E-state index is -0.288. The first-order valence-electron chi connectivity index (χ1n) is 5.30. The molecule has 0 aliphatic heterocycles. The van der Waals surface area contributed by atoms with E-state index >= 15 is 0 Å². The van der Waals surface area contributed by atoms with Gasteiger partial charge in [-0.25, -0.2) is 0 Å². The van der Waals surface area contributed by atoms with E-state index in [1.165, 1.54) is 0 Å². The molecule has 0 heterocycles. The Morgan fingerprint density at radius 2 is 1.73 bits per heavy atom. The number of benzene rings is 1. The molecular weight excluding hydrogens is 186 g/mol. The quantitative estimate of drug-likeness (QED) is 0.783. The number of rotatable bonds is 2. The molecule has 0 fully saturated rings. The lowest BCUT2D eigenvalue weighted by Crippen LogP contribution is -2.34. The summed E-state index contributed by atoms with van der Waals surface area (Å²) in [6.45, 7) is 9.92. The molecule has 0 saturated carbocycles. The smallest absolute Gasteiger partial charge is 0.122 e. The number of aromatic hydroxyl groups is 1. The van der Waals surface area contributed by atoms with Crippen LogP contribution in [0.25, 0.3) is 0 Å². The standard InChI is InChI=1S/C13H21NO/c1-8-6-9(2)11(7-13(4,5)14)12(15)10(8)3/h6,15H,7,14H2,1-5H3. The topological polar surface area (TPSA) is 46.2 Å². The van der Waals surface area contributed by atoms with Crippen LogP contribution >= 0.6 is 0 Å². The normalized spacial score (nSPS) is 11.9. The summed E-state index contributed by atoms with van der Waals surface area (Å²) in [5, 5.41) is 10.1. The van der Waals surface area contributed by atoms with Gasteiger partial charge < -0.3 is 10.8 Å². The van der Waals surface area contributed by atoms with Gasteiger partial charge in [0.1, 0.15) is 5.75 Å². The minimum absolute atomic E-state index is 0.288. The molecule has 0 atom stereocenters. The van der Waals surface area contributed by atoms with Crippen molar-refractivity contribution in [3.05, 3.63) is 28.3 Å². The van der Waals surface area contributed by atoms with Gasteiger partial charge in [-0.2, -0.15) is 0 Å². The van der Waals surface area contributed by atoms with Crippen LogP contribution in [-0.4, -0.2) is 10.6 Å². The van der Waals surface area contributed by atoms with Crippen LogP contribution in [0, 0.1) is 20.8 Å². The molecule has 2 nitrogen and oxygen atoms in total. The van der Waals surface area contributed by atoms with E-state index < -0.39 is 0 Å². The van der Waals surface area contributed by atoms with Crippen molar-refractivity contribution in [3.63, 3.8) is 0 Å². The van der Waals surface area contributed by atoms with Crippen molar-refractivity contribution in [1.29, 1.82) is 0 Å². The predicted molar refractivity (Wildman–Crippen MR) is 64.3 cm³/mol. The van der Waals surface area contributed by atoms with Crippen molar-refractivity contribution in [1.82, 2.24) is 0 Å². The molecule has 0 aromatic heterocycles. The molecule has 0 bridgehead atoms. The molecule has 0 aliphatic carbocycles. The third-order valence-electron chi connectivity index (χ3n) is 2.77. The number of phenols is 1. The summed E-state index contributed by atoms with van der Waals surface area (Å²) in [4.78, 5) is 0. The maximum Gasteiger partial charge on any atom is 0.122 e. The second-order valence-corrected chi connectivity index (χ2v) is 5.13. The van der Waals surface area contributed by atoms with Gasteiger partial charge in [0.15, 0.2) is 0 Å². The highest BCUT2D eigenvalue weighted by atomic mass is 16.3. The Bertz CT molecular complexity index is 375. The average molecular weight is 207 g/mol. The summed E-state index contributed by atoms with van der Waals surface area (Å²) in [6.07, 6.45) is 0.700. The van der Waals surface area contributed by atoms with Crippen molar-refractivity contribution in [2.75, 3.05) is 0 Å². The van der Waals surface area contributed by atoms with Gasteiger partial charge in [-0.1, -0.05) is 6.07 Å². The SMILES string of the molecule is Cc1cc(C)c(CC(C)(C)N)c(O)c1C. The molecule has 84 valence electrons. The molecule has 0 unspecified atom stereocenters. The fraction of sp³-hybridized carbons (Fsp3) is 0.538. The van der Waals surface area contributed by atoms with Crippen molar-refractivity contribution >= 4 is 0 Å². The average Bonchev–Trinajstić information content (AvgIpc) is 2.07. The van der Waals surface area contributed by atoms with E-state index in [0.29, 0.717) is 12.2 Å². The lowest BCUT2D eigenvalue weighted by atomic mass is 9.90. The molecule has 2 heteroatoms. The number of aryl methyl sites for hydroxylation is 2. The molecule has 0 aliphatic rings. The Labute approximate surface area is 92.1 Å². The molecule has 3 N–H and O–H groups in total. The van der Waals surface area contributed by atoms with Gasteiger partial charge in [-0.3, -0.25) is 0 Å². The van der Waals surface area contributed by atoms with Crippen LogP contribution in [0.2, 0.25) is 0 Å². The molecular formula is C13H21NO. The fourth-order valence-electron chi connectivity index (χ4n) is 1.80. The number of hydrogen-bond donors (Lipinski definition) is 2. The van der Waals surface area contributed by atoms with E-state index in [1.54, 1.807) is 0 Å². The number of hydrogen-bond acceptors (Lipinski definition) is 2. The second-order valence-electron chi connectivity index (χ2n) is 5.13. The van der Waals surface area contributed by atoms with Crippen molar-refractivity contribution < 1.29 is 5.11 Å². The van der Waals surface area contributed by atoms with Crippen LogP contribution in [-0.2, 0) is 6.42 Å². The third kappa shape index (κ3) is 2.72. The third-order valence-corrected chi connectivity index (χ3v) is 2.77. The highest BCUT2D eigenvalue weighted by molar-refractivity contribution is 5.49. The zero-order valence-corrected chi connectivity index (χ0v) is 10.3. The van der Waals surface area contributed by atoms with Gasteiger partial charge in [0.25, 0.3) is 0 Å². The molecule has 0 saturated heterocycles. The first-order chi connectivity index (χ1) is 6.72. The van der Waals surface area contributed by atoms with Crippen molar-refractivity contribution in [2.24, 2.45) is 5.73 Å². The first-order valence-corrected chi connectivity index (χ1v) is 5.30. The van der Waals surface area contributed by atoms with Crippen LogP contribution in [0.4, 0.5) is 0 Å². The number of nitrogens with two attached hydrogens (primary N) is 1. The Balaban J connectivity index is 3.24. The van der Waals surface area contributed by atoms with E-state index in [-0.39, 0.29) is 5.54 Å². The Morgan fingerprint density at radius 3 is 2.20 bits per heavy atom. The maximum absolute atomic E-state index is 10.1. The van der Waals surface area contributed by atoms with E-state index in [0.717, 1.165) is 22.3 Å². The van der Waals surface area contributed by atoms with E-state index in [1.807, 2.05) is 34.6 Å². The minimum Gasteiger partial charge on any atom is -0.507 e. The fourth-order valence-corrected chi connectivity index (χ4v) is 1.80. The van der Waals surface area contributed by atoms with Crippen LogP contribution in [0.1, 0.15) is 36.1 Å². The van der Waals surface area contributed by atoms with Crippen molar-refractivity contribution in [2.45, 2.75) is 46.6 Å². The van der Waals surface area contributed by atoms with Crippen molar-refractivity contribution in [3.8, 4) is 5.75 Å². The summed E-state index contributed by atoms with van der Waals surface area (Å²) in [5.74, 6) is 0.408. The predicted octanol–water partition coefficient (Wildman–Crippen LogP) is 2.60. The zero-order valence-electron chi connectivity index (χ0n) is 10.3. The molecule has 0 radical (unpaired) electrons. The van der Waals surface area contributed by atoms with E-state index in [4.69, 9.17) is 5.73 Å². The molecule has 1 rings (SSSR count). The lowest BCUT2D eigenvalue weighted by Gasteiger charge is -2.22. The number of phenolic OH excluding ortho intramolecular Hbond substituents is 1. The molecule has 0 amide bonds. The van der Waals surface area contributed by atoms with Gasteiger partial charge >= 0.3 is 0 Å². The van der Waals surface area contributed by atoms with Crippen LogP contribution in [0.15, 0.2) is 6.07 Å². The highest BCUT2D eigenvalue weighted by Crippen LogP contribution is 2.30. The summed E-state index contributed by atoms with van der Waals surface area (Å²) in [5.41, 5.74) is 9.88. The van der Waals surface area contributed by atoms with Gasteiger partial charge in [0, 0.05) is 5.54 Å². The molecule has 15 heavy (non-hydrogen) atoms. The molecule has 1 aromatic rings. The maximum atomic E-state index is 10.1. The van der Waals surface area contributed by atoms with Crippen LogP contribution in [0.5, 0.6) is 5.75 Å². The summed E-state index contributed by atoms with van der Waals surface area (Å²) in [7, 11) is 0. The lowest BCUT2D eigenvalue weighted by molar-refractivity contribution is 0.445. The molecule has 1 aromatic carbocycles. The summed E-state index contributed by atoms with van der Waals surface area (Å²) >= 11 is 0. The van der Waals surface area contributed by atoms with Gasteiger partial charge in [-0.15, -0.1) is 0 Å². The summed E-state index contributed by atoms with van der Waals surface area (Å²) in [6, 6.07) is 2.11. The Kier molecular flexibility index (Phi) is 3.10. The largest absolute Gasteiger partial charge is 0.507 e. The Morgan fingerprint density at radius 1 is 1.20 bits per heavy atom. The van der Waals surface area contributed by atoms with Gasteiger partial charge in [0.2, 0.25) is 0 Å². The van der Waals surface area contributed by atoms with E-state index in [9.17, 15) is 5.11 Å². The van der Waals surface area contributed by atoms with Gasteiger partial charge in [0.05, 0.1) is 0 Å². The van der Waals surface area contributed by atoms with Crippen LogP contribution in [0.3, 0.4) is 0 Å². The highest BCUT2D eigenvalue weighted by Gasteiger charge is 2.18. The van der Waals surface area contributed by atoms with Gasteiger partial charge in [-0.05, 0) is 63.3 Å². The monoisotopic (exact) mass is 207 g/mol. The zero-order chi connectivity index (χ0) is 11.8. The first kappa shape index (κ1) is 12.1. The van der Waals surface area contributed by atoms with E-state index in [2.05, 4.69) is 6.07 Å². The Hall–Kier alpha value is -1.02. The van der Waals surface area contributed by atoms with Crippen LogP contribution < -0.4 is 5.73 Å².